The van der Waals surface area contributed by atoms with Gasteiger partial charge in [0.2, 0.25) is 0 Å². The Morgan fingerprint density at radius 1 is 1.03 bits per heavy atom. The number of hydrogen-bond acceptors (Lipinski definition) is 2. The van der Waals surface area contributed by atoms with Crippen molar-refractivity contribution >= 4 is 6.09 Å². The molecule has 1 amide bonds. The molecule has 4 fully saturated rings. The van der Waals surface area contributed by atoms with E-state index in [4.69, 9.17) is 0 Å². The Balaban J connectivity index is 1.39. The predicted octanol–water partition coefficient (Wildman–Crippen LogP) is 6.49. The molecule has 1 saturated carbocycles. The number of carboxylic acid groups (broad SMARTS) is 1. The number of hydrogen-bond donors (Lipinski definition) is 1. The van der Waals surface area contributed by atoms with Crippen molar-refractivity contribution in [1.82, 2.24) is 9.80 Å². The van der Waals surface area contributed by atoms with E-state index >= 15 is 0 Å². The quantitative estimate of drug-likeness (QED) is 0.571. The summed E-state index contributed by atoms with van der Waals surface area (Å²) in [6.45, 7) is 9.96. The number of aryl methyl sites for hydroxylation is 1. The van der Waals surface area contributed by atoms with Gasteiger partial charge in [-0.25, -0.2) is 4.79 Å². The first kappa shape index (κ1) is 22.2. The summed E-state index contributed by atoms with van der Waals surface area (Å²) in [4.78, 5) is 17.2. The number of amides is 1. The fourth-order valence-corrected chi connectivity index (χ4v) is 7.11. The first-order valence-corrected chi connectivity index (χ1v) is 13.2. The first-order valence-electron chi connectivity index (χ1n) is 13.2. The molecule has 0 radical (unpaired) electrons. The zero-order valence-electron chi connectivity index (χ0n) is 20.9. The minimum absolute atomic E-state index is 0.00857. The highest BCUT2D eigenvalue weighted by atomic mass is 16.4. The van der Waals surface area contributed by atoms with Gasteiger partial charge in [0.05, 0.1) is 12.1 Å². The van der Waals surface area contributed by atoms with Gasteiger partial charge in [-0.05, 0) is 96.2 Å². The highest BCUT2D eigenvalue weighted by Crippen LogP contribution is 2.63. The second-order valence-electron chi connectivity index (χ2n) is 12.4. The zero-order chi connectivity index (χ0) is 23.7. The molecule has 2 aliphatic carbocycles. The van der Waals surface area contributed by atoms with Crippen molar-refractivity contribution in [2.24, 2.45) is 11.3 Å². The Morgan fingerprint density at radius 2 is 1.76 bits per heavy atom. The van der Waals surface area contributed by atoms with E-state index in [-0.39, 0.29) is 22.9 Å². The van der Waals surface area contributed by atoms with E-state index in [1.54, 1.807) is 0 Å². The number of piperidine rings is 3. The van der Waals surface area contributed by atoms with Gasteiger partial charge in [0.1, 0.15) is 0 Å². The molecule has 5 aliphatic rings. The van der Waals surface area contributed by atoms with Gasteiger partial charge in [0, 0.05) is 6.54 Å². The third-order valence-electron chi connectivity index (χ3n) is 9.34. The summed E-state index contributed by atoms with van der Waals surface area (Å²) >= 11 is 0. The average Bonchev–Trinajstić information content (AvgIpc) is 3.61. The minimum atomic E-state index is -0.718. The molecule has 2 aromatic carbocycles. The maximum atomic E-state index is 12.8. The summed E-state index contributed by atoms with van der Waals surface area (Å²) in [5.41, 5.74) is 6.76. The monoisotopic (exact) mass is 458 g/mol. The average molecular weight is 459 g/mol. The van der Waals surface area contributed by atoms with E-state index in [0.29, 0.717) is 5.92 Å². The molecule has 3 saturated heterocycles. The number of rotatable bonds is 3. The summed E-state index contributed by atoms with van der Waals surface area (Å²) in [6, 6.07) is 15.9. The van der Waals surface area contributed by atoms with Gasteiger partial charge in [-0.1, -0.05) is 63.2 Å². The lowest BCUT2D eigenvalue weighted by Gasteiger charge is -2.52. The summed E-state index contributed by atoms with van der Waals surface area (Å²) in [6.07, 6.45) is 6.07. The van der Waals surface area contributed by atoms with Gasteiger partial charge in [-0.3, -0.25) is 4.90 Å². The largest absolute Gasteiger partial charge is 0.465 e. The van der Waals surface area contributed by atoms with Crippen LogP contribution in [0.15, 0.2) is 42.5 Å². The molecule has 2 aromatic rings. The topological polar surface area (TPSA) is 43.8 Å². The third kappa shape index (κ3) is 3.66. The third-order valence-corrected chi connectivity index (χ3v) is 9.34. The molecule has 2 atom stereocenters. The Hall–Kier alpha value is -2.33. The maximum Gasteiger partial charge on any atom is 0.408 e. The Labute approximate surface area is 204 Å². The van der Waals surface area contributed by atoms with Crippen LogP contribution in [-0.2, 0) is 11.8 Å². The molecule has 1 spiro atoms. The number of carbonyl (C=O) groups is 1. The van der Waals surface area contributed by atoms with Crippen molar-refractivity contribution in [1.29, 1.82) is 0 Å². The molecule has 4 nitrogen and oxygen atoms in total. The molecule has 0 aromatic heterocycles. The molecular weight excluding hydrogens is 420 g/mol. The number of fused-ring (bicyclic) bond motifs is 4. The first-order chi connectivity index (χ1) is 16.2. The van der Waals surface area contributed by atoms with Crippen LogP contribution in [0.4, 0.5) is 4.79 Å². The maximum absolute atomic E-state index is 12.8. The Morgan fingerprint density at radius 3 is 2.38 bits per heavy atom. The fraction of sp³-hybridized carbons (Fsp3) is 0.567. The molecular formula is C30H38N2O2. The highest BCUT2D eigenvalue weighted by Gasteiger charge is 2.57. The molecule has 2 bridgehead atoms. The van der Waals surface area contributed by atoms with E-state index in [0.717, 1.165) is 58.2 Å². The lowest BCUT2D eigenvalue weighted by Crippen LogP contribution is -2.60. The van der Waals surface area contributed by atoms with Crippen molar-refractivity contribution in [2.45, 2.75) is 76.8 Å². The summed E-state index contributed by atoms with van der Waals surface area (Å²) in [5.74, 6) is 0.515. The van der Waals surface area contributed by atoms with E-state index < -0.39 is 6.09 Å². The highest BCUT2D eigenvalue weighted by molar-refractivity contribution is 5.69. The molecule has 34 heavy (non-hydrogen) atoms. The lowest BCUT2D eigenvalue weighted by molar-refractivity contribution is -0.0243. The van der Waals surface area contributed by atoms with Crippen LogP contribution in [0, 0.1) is 11.3 Å². The lowest BCUT2D eigenvalue weighted by atomic mass is 9.73. The summed E-state index contributed by atoms with van der Waals surface area (Å²) in [7, 11) is 0. The van der Waals surface area contributed by atoms with Crippen LogP contribution in [0.5, 0.6) is 0 Å². The van der Waals surface area contributed by atoms with Gasteiger partial charge >= 0.3 is 6.09 Å². The van der Waals surface area contributed by atoms with E-state index in [1.807, 2.05) is 4.90 Å². The number of benzene rings is 2. The molecule has 4 heteroatoms. The molecule has 1 unspecified atom stereocenters. The zero-order valence-corrected chi connectivity index (χ0v) is 20.9. The fourth-order valence-electron chi connectivity index (χ4n) is 7.11. The van der Waals surface area contributed by atoms with Crippen molar-refractivity contribution in [3.05, 3.63) is 59.2 Å². The summed E-state index contributed by atoms with van der Waals surface area (Å²) in [5, 5.41) is 10.5. The van der Waals surface area contributed by atoms with Crippen LogP contribution in [0.2, 0.25) is 0 Å². The second-order valence-corrected chi connectivity index (χ2v) is 12.4. The second kappa shape index (κ2) is 7.84. The molecule has 1 N–H and O–H groups in total. The SMILES string of the molecule is CC(C)(C)c1cccc(-c2ccc3c(c2)CCC2(CC2)[C@@H]3N(C(=O)O)C2CN3CCC2CC3)c1. The molecule has 3 aliphatic heterocycles. The normalized spacial score (nSPS) is 29.0. The van der Waals surface area contributed by atoms with Crippen molar-refractivity contribution in [3.8, 4) is 11.1 Å². The van der Waals surface area contributed by atoms with E-state index in [2.05, 4.69) is 68.1 Å². The van der Waals surface area contributed by atoms with Gasteiger partial charge in [-0.15, -0.1) is 0 Å². The van der Waals surface area contributed by atoms with Crippen LogP contribution in [0.3, 0.4) is 0 Å². The molecule has 7 rings (SSSR count). The summed E-state index contributed by atoms with van der Waals surface area (Å²) < 4.78 is 0. The van der Waals surface area contributed by atoms with E-state index in [1.165, 1.54) is 27.8 Å². The van der Waals surface area contributed by atoms with Gasteiger partial charge in [0.25, 0.3) is 0 Å². The van der Waals surface area contributed by atoms with Crippen molar-refractivity contribution in [3.63, 3.8) is 0 Å². The van der Waals surface area contributed by atoms with E-state index in [9.17, 15) is 9.90 Å². The van der Waals surface area contributed by atoms with Crippen molar-refractivity contribution < 1.29 is 9.90 Å². The smallest absolute Gasteiger partial charge is 0.408 e. The Bertz CT molecular complexity index is 1110. The van der Waals surface area contributed by atoms with Crippen LogP contribution in [-0.4, -0.2) is 46.7 Å². The van der Waals surface area contributed by atoms with Crippen LogP contribution in [0.25, 0.3) is 11.1 Å². The van der Waals surface area contributed by atoms with Gasteiger partial charge < -0.3 is 10.0 Å². The van der Waals surface area contributed by atoms with Crippen molar-refractivity contribution in [2.75, 3.05) is 19.6 Å². The van der Waals surface area contributed by atoms with Crippen LogP contribution < -0.4 is 0 Å². The van der Waals surface area contributed by atoms with Crippen LogP contribution in [0.1, 0.15) is 75.6 Å². The molecule has 180 valence electrons. The predicted molar refractivity (Wildman–Crippen MR) is 136 cm³/mol. The Kier molecular flexibility index (Phi) is 5.11. The van der Waals surface area contributed by atoms with Gasteiger partial charge in [-0.2, -0.15) is 0 Å². The minimum Gasteiger partial charge on any atom is -0.465 e. The van der Waals surface area contributed by atoms with Gasteiger partial charge in [0.15, 0.2) is 0 Å². The number of nitrogens with zero attached hydrogens (tertiary/aromatic N) is 2. The molecule has 3 heterocycles. The standard InChI is InChI=1S/C30H38N2O2/c1-29(2,3)24-6-4-5-21(18-24)22-7-8-25-23(17-22)9-12-30(13-14-30)27(25)32(28(33)34)26-19-31-15-10-20(26)11-16-31/h4-8,17-18,20,26-27H,9-16,19H2,1-3H3,(H,33,34)/t26?,27-/m1/s1. The van der Waals surface area contributed by atoms with Crippen LogP contribution >= 0.6 is 0 Å².